The molecule has 0 unspecified atom stereocenters. The first-order chi connectivity index (χ1) is 15.6. The molecule has 1 aliphatic heterocycles. The average molecular weight is 455 g/mol. The van der Waals surface area contributed by atoms with Crippen LogP contribution in [0.2, 0.25) is 5.02 Å². The van der Waals surface area contributed by atoms with Gasteiger partial charge in [0.2, 0.25) is 0 Å². The molecule has 0 spiro atoms. The molecule has 2 N–H and O–H groups in total. The summed E-state index contributed by atoms with van der Waals surface area (Å²) in [5.41, 5.74) is 2.69. The van der Waals surface area contributed by atoms with Gasteiger partial charge < -0.3 is 20.1 Å². The zero-order valence-corrected chi connectivity index (χ0v) is 19.0. The molecule has 7 nitrogen and oxygen atoms in total. The van der Waals surface area contributed by atoms with Crippen LogP contribution in [0.4, 0.5) is 10.5 Å². The van der Waals surface area contributed by atoms with E-state index in [2.05, 4.69) is 26.6 Å². The smallest absolute Gasteiger partial charge is 0.319 e. The monoisotopic (exact) mass is 454 g/mol. The SMILES string of the molecule is COc1cc2nccc(CN3CCC(NC(=O)Nc4ccccc4Cl)CC3)c2cc1OC. The van der Waals surface area contributed by atoms with Crippen LogP contribution in [0.5, 0.6) is 11.5 Å². The van der Waals surface area contributed by atoms with E-state index in [0.717, 1.165) is 43.4 Å². The zero-order chi connectivity index (χ0) is 22.5. The van der Waals surface area contributed by atoms with Crippen molar-refractivity contribution in [2.24, 2.45) is 0 Å². The molecule has 0 saturated carbocycles. The maximum atomic E-state index is 12.3. The summed E-state index contributed by atoms with van der Waals surface area (Å²) in [6, 6.07) is 13.1. The number of hydrogen-bond donors (Lipinski definition) is 2. The number of para-hydroxylation sites is 1. The van der Waals surface area contributed by atoms with Gasteiger partial charge >= 0.3 is 6.03 Å². The number of halogens is 1. The molecule has 2 heterocycles. The van der Waals surface area contributed by atoms with Crippen molar-refractivity contribution >= 4 is 34.2 Å². The molecule has 8 heteroatoms. The van der Waals surface area contributed by atoms with Gasteiger partial charge in [-0.1, -0.05) is 23.7 Å². The molecule has 2 aromatic carbocycles. The number of aromatic nitrogens is 1. The number of urea groups is 1. The third-order valence-electron chi connectivity index (χ3n) is 5.78. The number of nitrogens with zero attached hydrogens (tertiary/aromatic N) is 2. The maximum Gasteiger partial charge on any atom is 0.319 e. The first-order valence-electron chi connectivity index (χ1n) is 10.6. The third kappa shape index (κ3) is 5.06. The van der Waals surface area contributed by atoms with Crippen molar-refractivity contribution in [1.82, 2.24) is 15.2 Å². The number of likely N-dealkylation sites (tertiary alicyclic amines) is 1. The molecule has 2 amide bonds. The molecular weight excluding hydrogens is 428 g/mol. The fourth-order valence-electron chi connectivity index (χ4n) is 4.05. The lowest BCUT2D eigenvalue weighted by molar-refractivity contribution is 0.190. The summed E-state index contributed by atoms with van der Waals surface area (Å²) < 4.78 is 10.9. The third-order valence-corrected chi connectivity index (χ3v) is 6.11. The van der Waals surface area contributed by atoms with Gasteiger partial charge in [0, 0.05) is 43.3 Å². The summed E-state index contributed by atoms with van der Waals surface area (Å²) >= 11 is 6.12. The van der Waals surface area contributed by atoms with Gasteiger partial charge in [-0.25, -0.2) is 4.79 Å². The van der Waals surface area contributed by atoms with Gasteiger partial charge in [0.15, 0.2) is 11.5 Å². The number of methoxy groups -OCH3 is 2. The molecule has 0 bridgehead atoms. The molecule has 1 aliphatic rings. The molecule has 3 aromatic rings. The van der Waals surface area contributed by atoms with Crippen molar-refractivity contribution in [2.75, 3.05) is 32.6 Å². The number of amides is 2. The number of benzene rings is 2. The first kappa shape index (κ1) is 22.2. The Morgan fingerprint density at radius 3 is 2.56 bits per heavy atom. The molecule has 0 aliphatic carbocycles. The fraction of sp³-hybridized carbons (Fsp3) is 0.333. The standard InChI is InChI=1S/C24H27ClN4O3/c1-31-22-13-18-16(7-10-26-21(18)14-23(22)32-2)15-29-11-8-17(9-12-29)27-24(30)28-20-6-4-3-5-19(20)25/h3-7,10,13-14,17H,8-9,11-12,15H2,1-2H3,(H2,27,28,30). The lowest BCUT2D eigenvalue weighted by atomic mass is 10.0. The minimum Gasteiger partial charge on any atom is -0.493 e. The number of hydrogen-bond acceptors (Lipinski definition) is 5. The number of carbonyl (C=O) groups excluding carboxylic acids is 1. The summed E-state index contributed by atoms with van der Waals surface area (Å²) in [5, 5.41) is 7.47. The van der Waals surface area contributed by atoms with Gasteiger partial charge in [0.1, 0.15) is 0 Å². The van der Waals surface area contributed by atoms with Gasteiger partial charge in [-0.3, -0.25) is 9.88 Å². The van der Waals surface area contributed by atoms with E-state index in [9.17, 15) is 4.79 Å². The highest BCUT2D eigenvalue weighted by atomic mass is 35.5. The van der Waals surface area contributed by atoms with E-state index in [4.69, 9.17) is 21.1 Å². The molecule has 168 valence electrons. The lowest BCUT2D eigenvalue weighted by Gasteiger charge is -2.32. The van der Waals surface area contributed by atoms with E-state index in [1.54, 1.807) is 26.4 Å². The molecule has 1 fully saturated rings. The van der Waals surface area contributed by atoms with Crippen LogP contribution >= 0.6 is 11.6 Å². The quantitative estimate of drug-likeness (QED) is 0.565. The Balaban J connectivity index is 1.35. The van der Waals surface area contributed by atoms with Crippen LogP contribution < -0.4 is 20.1 Å². The Morgan fingerprint density at radius 1 is 1.12 bits per heavy atom. The summed E-state index contributed by atoms with van der Waals surface area (Å²) in [7, 11) is 3.26. The van der Waals surface area contributed by atoms with Crippen LogP contribution in [-0.4, -0.2) is 49.3 Å². The topological polar surface area (TPSA) is 75.7 Å². The van der Waals surface area contributed by atoms with Crippen LogP contribution in [0.15, 0.2) is 48.7 Å². The van der Waals surface area contributed by atoms with Crippen molar-refractivity contribution in [2.45, 2.75) is 25.4 Å². The Bertz CT molecular complexity index is 1100. The largest absolute Gasteiger partial charge is 0.493 e. The molecule has 1 saturated heterocycles. The second-order valence-electron chi connectivity index (χ2n) is 7.82. The number of rotatable bonds is 6. The van der Waals surface area contributed by atoms with Gasteiger partial charge in [0.05, 0.1) is 30.4 Å². The number of pyridine rings is 1. The van der Waals surface area contributed by atoms with E-state index in [1.165, 1.54) is 5.56 Å². The zero-order valence-electron chi connectivity index (χ0n) is 18.2. The van der Waals surface area contributed by atoms with Crippen LogP contribution in [-0.2, 0) is 6.54 Å². The van der Waals surface area contributed by atoms with Crippen molar-refractivity contribution in [3.63, 3.8) is 0 Å². The Kier molecular flexibility index (Phi) is 6.97. The summed E-state index contributed by atoms with van der Waals surface area (Å²) in [5.74, 6) is 1.37. The van der Waals surface area contributed by atoms with Crippen molar-refractivity contribution in [1.29, 1.82) is 0 Å². The number of anilines is 1. The lowest BCUT2D eigenvalue weighted by Crippen LogP contribution is -2.45. The van der Waals surface area contributed by atoms with E-state index >= 15 is 0 Å². The first-order valence-corrected chi connectivity index (χ1v) is 11.0. The number of piperidine rings is 1. The fourth-order valence-corrected chi connectivity index (χ4v) is 4.23. The van der Waals surface area contributed by atoms with Crippen molar-refractivity contribution in [3.8, 4) is 11.5 Å². The highest BCUT2D eigenvalue weighted by Gasteiger charge is 2.22. The minimum atomic E-state index is -0.224. The Labute approximate surface area is 192 Å². The molecule has 0 atom stereocenters. The molecule has 4 rings (SSSR count). The molecular formula is C24H27ClN4O3. The average Bonchev–Trinajstić information content (AvgIpc) is 2.81. The van der Waals surface area contributed by atoms with Crippen LogP contribution in [0.1, 0.15) is 18.4 Å². The van der Waals surface area contributed by atoms with E-state index in [0.29, 0.717) is 22.2 Å². The van der Waals surface area contributed by atoms with Gasteiger partial charge in [-0.2, -0.15) is 0 Å². The van der Waals surface area contributed by atoms with Gasteiger partial charge in [0.25, 0.3) is 0 Å². The van der Waals surface area contributed by atoms with Crippen molar-refractivity contribution in [3.05, 3.63) is 59.2 Å². The van der Waals surface area contributed by atoms with E-state index in [1.807, 2.05) is 30.5 Å². The molecule has 0 radical (unpaired) electrons. The summed E-state index contributed by atoms with van der Waals surface area (Å²) in [6.45, 7) is 2.61. The summed E-state index contributed by atoms with van der Waals surface area (Å²) in [6.07, 6.45) is 3.60. The number of nitrogens with one attached hydrogen (secondary N) is 2. The molecule has 32 heavy (non-hydrogen) atoms. The number of fused-ring (bicyclic) bond motifs is 1. The summed E-state index contributed by atoms with van der Waals surface area (Å²) in [4.78, 5) is 19.2. The second kappa shape index (κ2) is 10.1. The highest BCUT2D eigenvalue weighted by molar-refractivity contribution is 6.33. The van der Waals surface area contributed by atoms with E-state index in [-0.39, 0.29) is 12.1 Å². The minimum absolute atomic E-state index is 0.132. The number of ether oxygens (including phenoxy) is 2. The second-order valence-corrected chi connectivity index (χ2v) is 8.23. The maximum absolute atomic E-state index is 12.3. The molecule has 1 aromatic heterocycles. The number of carbonyl (C=O) groups is 1. The highest BCUT2D eigenvalue weighted by Crippen LogP contribution is 2.33. The Hall–Kier alpha value is -3.03. The predicted octanol–water partition coefficient (Wildman–Crippen LogP) is 4.69. The van der Waals surface area contributed by atoms with Gasteiger partial charge in [-0.15, -0.1) is 0 Å². The van der Waals surface area contributed by atoms with E-state index < -0.39 is 0 Å². The van der Waals surface area contributed by atoms with Crippen LogP contribution in [0.3, 0.4) is 0 Å². The normalized spacial score (nSPS) is 14.8. The van der Waals surface area contributed by atoms with Crippen molar-refractivity contribution < 1.29 is 14.3 Å². The van der Waals surface area contributed by atoms with Gasteiger partial charge in [-0.05, 0) is 42.7 Å². The Morgan fingerprint density at radius 2 is 1.84 bits per heavy atom. The van der Waals surface area contributed by atoms with Crippen LogP contribution in [0.25, 0.3) is 10.9 Å². The predicted molar refractivity (Wildman–Crippen MR) is 127 cm³/mol. The van der Waals surface area contributed by atoms with Crippen LogP contribution in [0, 0.1) is 0 Å².